The molecule has 0 saturated carbocycles. The molecule has 2 heteroatoms. The number of quaternary nitrogens is 1. The number of unbranched alkanes of at least 4 members (excludes halogenated alkanes) is 1. The van der Waals surface area contributed by atoms with Crippen molar-refractivity contribution in [2.45, 2.75) is 45.8 Å². The molecular formula is C18H32NS+. The molecule has 0 heterocycles. The first kappa shape index (κ1) is 17.6. The van der Waals surface area contributed by atoms with Gasteiger partial charge in [0.2, 0.25) is 0 Å². The SMILES string of the molecule is CCCC[N+](CC)(CCC)CCSCc1ccccc1. The van der Waals surface area contributed by atoms with Gasteiger partial charge < -0.3 is 4.48 Å². The standard InChI is InChI=1S/C18H32NS/c1-4-7-14-19(6-3,13-5-2)15-16-20-17-18-11-9-8-10-12-18/h8-12H,4-7,13-17H2,1-3H3/q+1. The molecule has 0 saturated heterocycles. The lowest BCUT2D eigenvalue weighted by atomic mass is 10.2. The van der Waals surface area contributed by atoms with Crippen molar-refractivity contribution in [2.24, 2.45) is 0 Å². The topological polar surface area (TPSA) is 0 Å². The summed E-state index contributed by atoms with van der Waals surface area (Å²) < 4.78 is 1.33. The van der Waals surface area contributed by atoms with Crippen molar-refractivity contribution in [1.29, 1.82) is 0 Å². The zero-order valence-electron chi connectivity index (χ0n) is 13.6. The Kier molecular flexibility index (Phi) is 9.04. The highest BCUT2D eigenvalue weighted by Gasteiger charge is 2.22. The van der Waals surface area contributed by atoms with E-state index < -0.39 is 0 Å². The fourth-order valence-corrected chi connectivity index (χ4v) is 3.89. The number of hydrogen-bond acceptors (Lipinski definition) is 1. The van der Waals surface area contributed by atoms with E-state index in [0.717, 1.165) is 5.75 Å². The summed E-state index contributed by atoms with van der Waals surface area (Å²) in [4.78, 5) is 0. The van der Waals surface area contributed by atoms with Crippen LogP contribution < -0.4 is 0 Å². The third kappa shape index (κ3) is 6.32. The molecule has 0 N–H and O–H groups in total. The van der Waals surface area contributed by atoms with Crippen LogP contribution in [0.2, 0.25) is 0 Å². The molecule has 1 aromatic rings. The van der Waals surface area contributed by atoms with E-state index in [-0.39, 0.29) is 0 Å². The van der Waals surface area contributed by atoms with Gasteiger partial charge in [-0.05, 0) is 25.3 Å². The van der Waals surface area contributed by atoms with Gasteiger partial charge in [-0.15, -0.1) is 0 Å². The summed E-state index contributed by atoms with van der Waals surface area (Å²) >= 11 is 2.09. The van der Waals surface area contributed by atoms with Crippen LogP contribution in [0.15, 0.2) is 30.3 Å². The third-order valence-electron chi connectivity index (χ3n) is 4.18. The summed E-state index contributed by atoms with van der Waals surface area (Å²) in [5.41, 5.74) is 1.45. The minimum atomic E-state index is 1.16. The van der Waals surface area contributed by atoms with Crippen molar-refractivity contribution in [3.05, 3.63) is 35.9 Å². The van der Waals surface area contributed by atoms with Crippen LogP contribution in [0.4, 0.5) is 0 Å². The molecule has 1 atom stereocenters. The molecule has 1 rings (SSSR count). The summed E-state index contributed by atoms with van der Waals surface area (Å²) in [5.74, 6) is 2.44. The van der Waals surface area contributed by atoms with Gasteiger partial charge in [-0.1, -0.05) is 50.6 Å². The molecule has 0 spiro atoms. The Morgan fingerprint density at radius 2 is 1.65 bits per heavy atom. The average Bonchev–Trinajstić information content (AvgIpc) is 2.50. The van der Waals surface area contributed by atoms with Crippen molar-refractivity contribution >= 4 is 11.8 Å². The predicted octanol–water partition coefficient (Wildman–Crippen LogP) is 4.97. The van der Waals surface area contributed by atoms with E-state index in [9.17, 15) is 0 Å². The molecule has 0 aliphatic carbocycles. The number of nitrogens with zero attached hydrogens (tertiary/aromatic N) is 1. The highest BCUT2D eigenvalue weighted by molar-refractivity contribution is 7.98. The maximum Gasteiger partial charge on any atom is 0.0878 e. The third-order valence-corrected chi connectivity index (χ3v) is 5.19. The lowest BCUT2D eigenvalue weighted by molar-refractivity contribution is -0.924. The molecule has 1 aromatic carbocycles. The lowest BCUT2D eigenvalue weighted by Gasteiger charge is -2.38. The molecule has 0 aliphatic rings. The molecule has 0 radical (unpaired) electrons. The van der Waals surface area contributed by atoms with Crippen molar-refractivity contribution in [3.63, 3.8) is 0 Å². The molecule has 114 valence electrons. The van der Waals surface area contributed by atoms with Gasteiger partial charge in [0.15, 0.2) is 0 Å². The van der Waals surface area contributed by atoms with Gasteiger partial charge in [0.1, 0.15) is 0 Å². The Morgan fingerprint density at radius 1 is 0.900 bits per heavy atom. The van der Waals surface area contributed by atoms with Crippen LogP contribution in [0.25, 0.3) is 0 Å². The van der Waals surface area contributed by atoms with Gasteiger partial charge in [0.05, 0.1) is 26.2 Å². The first-order chi connectivity index (χ1) is 9.76. The zero-order chi connectivity index (χ0) is 14.7. The van der Waals surface area contributed by atoms with Gasteiger partial charge in [-0.3, -0.25) is 0 Å². The Balaban J connectivity index is 2.37. The molecule has 20 heavy (non-hydrogen) atoms. The van der Waals surface area contributed by atoms with Gasteiger partial charge in [0.25, 0.3) is 0 Å². The van der Waals surface area contributed by atoms with E-state index in [2.05, 4.69) is 62.9 Å². The zero-order valence-corrected chi connectivity index (χ0v) is 14.4. The summed E-state index contributed by atoms with van der Waals surface area (Å²) in [6.45, 7) is 12.3. The highest BCUT2D eigenvalue weighted by atomic mass is 32.2. The van der Waals surface area contributed by atoms with Gasteiger partial charge in [-0.2, -0.15) is 11.8 Å². The van der Waals surface area contributed by atoms with E-state index >= 15 is 0 Å². The summed E-state index contributed by atoms with van der Waals surface area (Å²) in [6.07, 6.45) is 4.00. The fourth-order valence-electron chi connectivity index (χ4n) is 2.80. The minimum absolute atomic E-state index is 1.16. The van der Waals surface area contributed by atoms with Crippen LogP contribution in [-0.4, -0.2) is 36.4 Å². The number of thioether (sulfide) groups is 1. The maximum atomic E-state index is 2.37. The smallest absolute Gasteiger partial charge is 0.0878 e. The summed E-state index contributed by atoms with van der Waals surface area (Å²) in [5, 5.41) is 0. The molecule has 0 amide bonds. The van der Waals surface area contributed by atoms with Gasteiger partial charge in [-0.25, -0.2) is 0 Å². The molecule has 1 nitrogen and oxygen atoms in total. The van der Waals surface area contributed by atoms with Crippen LogP contribution in [-0.2, 0) is 5.75 Å². The average molecular weight is 295 g/mol. The number of rotatable bonds is 11. The van der Waals surface area contributed by atoms with Crippen LogP contribution in [0.1, 0.15) is 45.6 Å². The largest absolute Gasteiger partial charge is 0.323 e. The molecule has 0 aromatic heterocycles. The Bertz CT molecular complexity index is 339. The number of hydrogen-bond donors (Lipinski definition) is 0. The first-order valence-electron chi connectivity index (χ1n) is 8.23. The van der Waals surface area contributed by atoms with Crippen LogP contribution >= 0.6 is 11.8 Å². The van der Waals surface area contributed by atoms with Crippen molar-refractivity contribution in [2.75, 3.05) is 31.9 Å². The quantitative estimate of drug-likeness (QED) is 0.410. The highest BCUT2D eigenvalue weighted by Crippen LogP contribution is 2.16. The lowest BCUT2D eigenvalue weighted by Crippen LogP contribution is -2.50. The van der Waals surface area contributed by atoms with Gasteiger partial charge >= 0.3 is 0 Å². The Hall–Kier alpha value is -0.470. The second kappa shape index (κ2) is 10.3. The molecule has 0 bridgehead atoms. The van der Waals surface area contributed by atoms with Gasteiger partial charge in [0, 0.05) is 11.5 Å². The second-order valence-corrected chi connectivity index (χ2v) is 6.83. The molecule has 1 unspecified atom stereocenters. The normalized spacial score (nSPS) is 14.2. The van der Waals surface area contributed by atoms with Crippen molar-refractivity contribution in [3.8, 4) is 0 Å². The summed E-state index contributed by atoms with van der Waals surface area (Å²) in [6, 6.07) is 10.8. The Labute approximate surface area is 130 Å². The summed E-state index contributed by atoms with van der Waals surface area (Å²) in [7, 11) is 0. The predicted molar refractivity (Wildman–Crippen MR) is 93.2 cm³/mol. The molecule has 0 aliphatic heterocycles. The number of benzene rings is 1. The fraction of sp³-hybridized carbons (Fsp3) is 0.667. The van der Waals surface area contributed by atoms with Crippen LogP contribution in [0.3, 0.4) is 0 Å². The van der Waals surface area contributed by atoms with Crippen LogP contribution in [0, 0.1) is 0 Å². The van der Waals surface area contributed by atoms with E-state index in [0.29, 0.717) is 0 Å². The monoisotopic (exact) mass is 294 g/mol. The van der Waals surface area contributed by atoms with Crippen molar-refractivity contribution < 1.29 is 4.48 Å². The Morgan fingerprint density at radius 3 is 2.25 bits per heavy atom. The maximum absolute atomic E-state index is 2.37. The minimum Gasteiger partial charge on any atom is -0.323 e. The second-order valence-electron chi connectivity index (χ2n) is 5.72. The van der Waals surface area contributed by atoms with Crippen molar-refractivity contribution in [1.82, 2.24) is 0 Å². The first-order valence-corrected chi connectivity index (χ1v) is 9.38. The van der Waals surface area contributed by atoms with E-state index in [1.54, 1.807) is 0 Å². The van der Waals surface area contributed by atoms with E-state index in [4.69, 9.17) is 0 Å². The molecule has 0 fully saturated rings. The molecular weight excluding hydrogens is 262 g/mol. The van der Waals surface area contributed by atoms with E-state index in [1.165, 1.54) is 61.2 Å². The van der Waals surface area contributed by atoms with Crippen LogP contribution in [0.5, 0.6) is 0 Å². The van der Waals surface area contributed by atoms with E-state index in [1.807, 2.05) is 0 Å².